The Labute approximate surface area is 103 Å². The fraction of sp³-hybridized carbons (Fsp3) is 0.643. The summed E-state index contributed by atoms with van der Waals surface area (Å²) in [5.74, 6) is 1.02. The summed E-state index contributed by atoms with van der Waals surface area (Å²) in [7, 11) is 2.11. The smallest absolute Gasteiger partial charge is 0.129 e. The summed E-state index contributed by atoms with van der Waals surface area (Å²) in [5.41, 5.74) is 2.07. The number of anilines is 1. The third kappa shape index (κ3) is 2.78. The first kappa shape index (κ1) is 12.4. The van der Waals surface area contributed by atoms with Crippen molar-refractivity contribution in [3.8, 4) is 0 Å². The Hall–Kier alpha value is -1.09. The van der Waals surface area contributed by atoms with Gasteiger partial charge in [0.2, 0.25) is 0 Å². The molecule has 1 N–H and O–H groups in total. The van der Waals surface area contributed by atoms with Crippen LogP contribution in [0.25, 0.3) is 0 Å². The highest BCUT2D eigenvalue weighted by Gasteiger charge is 2.23. The van der Waals surface area contributed by atoms with Gasteiger partial charge in [0.05, 0.1) is 6.61 Å². The number of pyridine rings is 1. The molecule has 94 valence electrons. The summed E-state index contributed by atoms with van der Waals surface area (Å²) in [4.78, 5) is 6.95. The fourth-order valence-electron chi connectivity index (χ4n) is 2.25. The van der Waals surface area contributed by atoms with Gasteiger partial charge in [0, 0.05) is 18.8 Å². The average molecular weight is 234 g/mol. The molecular formula is C14H22N2O. The first-order chi connectivity index (χ1) is 8.24. The van der Waals surface area contributed by atoms with Crippen LogP contribution in [0.4, 0.5) is 5.82 Å². The Morgan fingerprint density at radius 2 is 2.18 bits per heavy atom. The van der Waals surface area contributed by atoms with E-state index in [2.05, 4.69) is 23.9 Å². The summed E-state index contributed by atoms with van der Waals surface area (Å²) in [6, 6.07) is 4.67. The van der Waals surface area contributed by atoms with Gasteiger partial charge in [-0.25, -0.2) is 4.98 Å². The van der Waals surface area contributed by atoms with E-state index in [1.54, 1.807) is 0 Å². The molecule has 1 aliphatic carbocycles. The van der Waals surface area contributed by atoms with Crippen molar-refractivity contribution >= 4 is 5.82 Å². The maximum atomic E-state index is 9.30. The number of aryl methyl sites for hydroxylation is 1. The van der Waals surface area contributed by atoms with E-state index in [0.29, 0.717) is 6.04 Å². The lowest BCUT2D eigenvalue weighted by Gasteiger charge is -2.35. The predicted molar refractivity (Wildman–Crippen MR) is 70.2 cm³/mol. The van der Waals surface area contributed by atoms with E-state index >= 15 is 0 Å². The van der Waals surface area contributed by atoms with E-state index in [-0.39, 0.29) is 6.61 Å². The molecule has 0 radical (unpaired) electrons. The molecule has 3 nitrogen and oxygen atoms in total. The van der Waals surface area contributed by atoms with E-state index in [1.165, 1.54) is 19.3 Å². The van der Waals surface area contributed by atoms with Crippen molar-refractivity contribution in [1.29, 1.82) is 0 Å². The molecule has 0 aromatic carbocycles. The van der Waals surface area contributed by atoms with Crippen LogP contribution >= 0.6 is 0 Å². The highest BCUT2D eigenvalue weighted by atomic mass is 16.3. The minimum absolute atomic E-state index is 0.102. The van der Waals surface area contributed by atoms with Crippen molar-refractivity contribution in [2.45, 2.75) is 51.7 Å². The van der Waals surface area contributed by atoms with Crippen molar-refractivity contribution in [3.05, 3.63) is 23.4 Å². The largest absolute Gasteiger partial charge is 0.392 e. The van der Waals surface area contributed by atoms with Gasteiger partial charge >= 0.3 is 0 Å². The molecule has 1 heterocycles. The Morgan fingerprint density at radius 1 is 1.41 bits per heavy atom. The fourth-order valence-corrected chi connectivity index (χ4v) is 2.25. The maximum Gasteiger partial charge on any atom is 0.129 e. The molecule has 0 bridgehead atoms. The summed E-state index contributed by atoms with van der Waals surface area (Å²) < 4.78 is 0. The minimum atomic E-state index is 0.102. The Kier molecular flexibility index (Phi) is 4.00. The number of hydrogen-bond acceptors (Lipinski definition) is 3. The number of hydrogen-bond donors (Lipinski definition) is 1. The number of aliphatic hydroxyl groups excluding tert-OH is 1. The van der Waals surface area contributed by atoms with Crippen molar-refractivity contribution in [1.82, 2.24) is 4.98 Å². The second kappa shape index (κ2) is 5.50. The lowest BCUT2D eigenvalue weighted by Crippen LogP contribution is -2.37. The van der Waals surface area contributed by atoms with Crippen LogP contribution in [0.5, 0.6) is 0 Å². The monoisotopic (exact) mass is 234 g/mol. The quantitative estimate of drug-likeness (QED) is 0.850. The Balaban J connectivity index is 2.21. The summed E-state index contributed by atoms with van der Waals surface area (Å²) in [6.45, 7) is 2.26. The van der Waals surface area contributed by atoms with Crippen molar-refractivity contribution in [2.24, 2.45) is 0 Å². The molecule has 1 fully saturated rings. The zero-order valence-electron chi connectivity index (χ0n) is 10.8. The van der Waals surface area contributed by atoms with Crippen LogP contribution in [0.3, 0.4) is 0 Å². The van der Waals surface area contributed by atoms with Gasteiger partial charge in [-0.3, -0.25) is 0 Å². The molecule has 0 amide bonds. The number of aliphatic hydroxyl groups is 1. The molecule has 0 spiro atoms. The lowest BCUT2D eigenvalue weighted by atomic mass is 9.92. The molecule has 1 saturated carbocycles. The lowest BCUT2D eigenvalue weighted by molar-refractivity contribution is 0.281. The number of nitrogens with zero attached hydrogens (tertiary/aromatic N) is 2. The molecule has 0 aliphatic heterocycles. The summed E-state index contributed by atoms with van der Waals surface area (Å²) >= 11 is 0. The molecule has 17 heavy (non-hydrogen) atoms. The number of aromatic nitrogens is 1. The van der Waals surface area contributed by atoms with E-state index < -0.39 is 0 Å². The first-order valence-corrected chi connectivity index (χ1v) is 6.58. The second-order valence-electron chi connectivity index (χ2n) is 4.93. The molecule has 1 aliphatic rings. The maximum absolute atomic E-state index is 9.30. The van der Waals surface area contributed by atoms with Gasteiger partial charge in [-0.15, -0.1) is 0 Å². The highest BCUT2D eigenvalue weighted by Crippen LogP contribution is 2.28. The normalized spacial score (nSPS) is 15.7. The van der Waals surface area contributed by atoms with Crippen molar-refractivity contribution in [2.75, 3.05) is 11.9 Å². The van der Waals surface area contributed by atoms with E-state index in [1.807, 2.05) is 12.1 Å². The summed E-state index contributed by atoms with van der Waals surface area (Å²) in [5, 5.41) is 9.30. The Bertz CT molecular complexity index is 374. The topological polar surface area (TPSA) is 36.4 Å². The van der Waals surface area contributed by atoms with Gasteiger partial charge in [0.25, 0.3) is 0 Å². The predicted octanol–water partition coefficient (Wildman–Crippen LogP) is 2.52. The van der Waals surface area contributed by atoms with Gasteiger partial charge < -0.3 is 10.0 Å². The molecule has 0 atom stereocenters. The van der Waals surface area contributed by atoms with Crippen LogP contribution in [-0.2, 0) is 13.0 Å². The van der Waals surface area contributed by atoms with Crippen molar-refractivity contribution < 1.29 is 5.11 Å². The average Bonchev–Trinajstić information content (AvgIpc) is 2.26. The third-order valence-corrected chi connectivity index (χ3v) is 3.60. The standard InChI is InChI=1S/C14H22N2O/c1-3-5-12-8-11(10-17)9-14(15-12)16(2)13-6-4-7-13/h8-9,13,17H,3-7,10H2,1-2H3. The second-order valence-corrected chi connectivity index (χ2v) is 4.93. The number of rotatable bonds is 5. The molecule has 0 unspecified atom stereocenters. The minimum Gasteiger partial charge on any atom is -0.392 e. The SMILES string of the molecule is CCCc1cc(CO)cc(N(C)C2CCC2)n1. The van der Waals surface area contributed by atoms with Crippen LogP contribution in [-0.4, -0.2) is 23.2 Å². The third-order valence-electron chi connectivity index (χ3n) is 3.60. The summed E-state index contributed by atoms with van der Waals surface area (Å²) in [6.07, 6.45) is 5.94. The first-order valence-electron chi connectivity index (χ1n) is 6.58. The Morgan fingerprint density at radius 3 is 2.71 bits per heavy atom. The van der Waals surface area contributed by atoms with E-state index in [0.717, 1.165) is 29.9 Å². The molecule has 0 saturated heterocycles. The molecule has 1 aromatic heterocycles. The van der Waals surface area contributed by atoms with Crippen molar-refractivity contribution in [3.63, 3.8) is 0 Å². The molecular weight excluding hydrogens is 212 g/mol. The molecule has 3 heteroatoms. The zero-order chi connectivity index (χ0) is 12.3. The van der Waals surface area contributed by atoms with Gasteiger partial charge in [-0.05, 0) is 43.4 Å². The van der Waals surface area contributed by atoms with Crippen LogP contribution in [0.2, 0.25) is 0 Å². The van der Waals surface area contributed by atoms with Crippen LogP contribution in [0, 0.1) is 0 Å². The van der Waals surface area contributed by atoms with E-state index in [4.69, 9.17) is 0 Å². The van der Waals surface area contributed by atoms with Gasteiger partial charge in [-0.1, -0.05) is 13.3 Å². The van der Waals surface area contributed by atoms with Crippen LogP contribution in [0.1, 0.15) is 43.9 Å². The van der Waals surface area contributed by atoms with Gasteiger partial charge in [0.15, 0.2) is 0 Å². The van der Waals surface area contributed by atoms with Crippen LogP contribution < -0.4 is 4.90 Å². The highest BCUT2D eigenvalue weighted by molar-refractivity contribution is 5.43. The van der Waals surface area contributed by atoms with Gasteiger partial charge in [0.1, 0.15) is 5.82 Å². The molecule has 1 aromatic rings. The zero-order valence-corrected chi connectivity index (χ0v) is 10.8. The molecule has 2 rings (SSSR count). The van der Waals surface area contributed by atoms with E-state index in [9.17, 15) is 5.11 Å². The van der Waals surface area contributed by atoms with Crippen LogP contribution in [0.15, 0.2) is 12.1 Å². The van der Waals surface area contributed by atoms with Gasteiger partial charge in [-0.2, -0.15) is 0 Å².